The third-order valence-electron chi connectivity index (χ3n) is 4.77. The Morgan fingerprint density at radius 3 is 2.29 bits per heavy atom. The highest BCUT2D eigenvalue weighted by molar-refractivity contribution is 9.10. The lowest BCUT2D eigenvalue weighted by molar-refractivity contribution is -0.275. The van der Waals surface area contributed by atoms with Crippen molar-refractivity contribution in [2.45, 2.75) is 29.3 Å². The van der Waals surface area contributed by atoms with Crippen molar-refractivity contribution in [3.8, 4) is 0 Å². The molecule has 190 valence electrons. The van der Waals surface area contributed by atoms with Crippen LogP contribution in [0.5, 0.6) is 0 Å². The molecule has 15 heteroatoms. The van der Waals surface area contributed by atoms with Crippen molar-refractivity contribution in [1.82, 2.24) is 5.32 Å². The number of carbonyl (C=O) groups excluding carboxylic acids is 1. The van der Waals surface area contributed by atoms with Gasteiger partial charge in [-0.3, -0.25) is 9.00 Å². The second-order valence-electron chi connectivity index (χ2n) is 7.32. The number of hydrogen-bond donors (Lipinski definition) is 1. The smallest absolute Gasteiger partial charge is 0.374 e. The Kier molecular flexibility index (Phi) is 8.14. The van der Waals surface area contributed by atoms with Crippen LogP contribution in [0.3, 0.4) is 0 Å². The number of amides is 1. The van der Waals surface area contributed by atoms with Crippen molar-refractivity contribution in [1.29, 1.82) is 0 Å². The minimum atomic E-state index is -4.89. The van der Waals surface area contributed by atoms with E-state index in [0.717, 1.165) is 12.1 Å². The van der Waals surface area contributed by atoms with Gasteiger partial charge in [-0.1, -0.05) is 34.4 Å². The molecule has 0 saturated heterocycles. The molecule has 5 nitrogen and oxygen atoms in total. The van der Waals surface area contributed by atoms with E-state index in [1.807, 2.05) is 0 Å². The number of alkyl halides is 6. The van der Waals surface area contributed by atoms with Crippen LogP contribution < -0.4 is 5.32 Å². The fourth-order valence-corrected chi connectivity index (χ4v) is 5.60. The van der Waals surface area contributed by atoms with E-state index in [-0.39, 0.29) is 36.3 Å². The topological polar surface area (TPSA) is 67.8 Å². The number of benzene rings is 2. The van der Waals surface area contributed by atoms with Crippen LogP contribution in [0.4, 0.5) is 26.3 Å². The largest absolute Gasteiger partial charge is 0.435 e. The number of nitrogens with zero attached hydrogens (tertiary/aromatic N) is 1. The van der Waals surface area contributed by atoms with Gasteiger partial charge in [0.25, 0.3) is 5.60 Å². The molecule has 2 unspecified atom stereocenters. The molecule has 2 atom stereocenters. The highest BCUT2D eigenvalue weighted by Crippen LogP contribution is 2.49. The molecule has 1 heterocycles. The van der Waals surface area contributed by atoms with Crippen LogP contribution in [0.25, 0.3) is 0 Å². The first-order valence-electron chi connectivity index (χ1n) is 9.41. The van der Waals surface area contributed by atoms with E-state index in [2.05, 4.69) is 21.1 Å². The Labute approximate surface area is 215 Å². The van der Waals surface area contributed by atoms with Gasteiger partial charge < -0.3 is 10.2 Å². The van der Waals surface area contributed by atoms with E-state index in [0.29, 0.717) is 0 Å². The van der Waals surface area contributed by atoms with Crippen molar-refractivity contribution in [3.05, 3.63) is 62.0 Å². The molecule has 1 aliphatic heterocycles. The Bertz CT molecular complexity index is 1190. The van der Waals surface area contributed by atoms with Gasteiger partial charge in [0.05, 0.1) is 21.4 Å². The third kappa shape index (κ3) is 6.49. The first-order chi connectivity index (χ1) is 16.1. The summed E-state index contributed by atoms with van der Waals surface area (Å²) >= 11 is 14.9. The zero-order valence-electron chi connectivity index (χ0n) is 17.1. The summed E-state index contributed by atoms with van der Waals surface area (Å²) in [4.78, 5) is 16.6. The minimum absolute atomic E-state index is 0.0259. The molecule has 0 bridgehead atoms. The lowest BCUT2D eigenvalue weighted by atomic mass is 9.86. The lowest BCUT2D eigenvalue weighted by Gasteiger charge is -2.29. The summed E-state index contributed by atoms with van der Waals surface area (Å²) in [5.74, 6) is -1.83. The molecule has 1 amide bonds. The van der Waals surface area contributed by atoms with E-state index in [9.17, 15) is 35.3 Å². The van der Waals surface area contributed by atoms with Crippen LogP contribution in [0.1, 0.15) is 17.5 Å². The van der Waals surface area contributed by atoms with Crippen LogP contribution in [-0.2, 0) is 26.0 Å². The summed E-state index contributed by atoms with van der Waals surface area (Å²) in [6, 6.07) is 7.31. The first kappa shape index (κ1) is 27.8. The molecule has 0 fully saturated rings. The quantitative estimate of drug-likeness (QED) is 0.393. The molecule has 1 N–H and O–H groups in total. The lowest BCUT2D eigenvalue weighted by Crippen LogP contribution is -2.42. The molecule has 2 aromatic carbocycles. The molecule has 3 rings (SSSR count). The number of carbonyl (C=O) groups is 1. The molecule has 0 radical (unpaired) electrons. The Balaban J connectivity index is 1.81. The molecule has 35 heavy (non-hydrogen) atoms. The second kappa shape index (κ2) is 10.3. The first-order valence-corrected chi connectivity index (χ1v) is 12.3. The van der Waals surface area contributed by atoms with Crippen molar-refractivity contribution < 1.29 is 40.2 Å². The van der Waals surface area contributed by atoms with Gasteiger partial charge in [-0.15, -0.1) is 0 Å². The predicted octanol–water partition coefficient (Wildman–Crippen LogP) is 6.12. The molecule has 0 aliphatic carbocycles. The summed E-state index contributed by atoms with van der Waals surface area (Å²) < 4.78 is 91.5. The number of halogens is 9. The molecular weight excluding hydrogens is 613 g/mol. The zero-order chi connectivity index (χ0) is 26.2. The summed E-state index contributed by atoms with van der Waals surface area (Å²) in [5.41, 5.74) is -3.08. The Morgan fingerprint density at radius 2 is 1.74 bits per heavy atom. The van der Waals surface area contributed by atoms with Gasteiger partial charge in [0.1, 0.15) is 12.3 Å². The van der Waals surface area contributed by atoms with Gasteiger partial charge in [0, 0.05) is 32.1 Å². The normalized spacial score (nSPS) is 19.2. The summed E-state index contributed by atoms with van der Waals surface area (Å²) in [6.45, 7) is -1.57. The van der Waals surface area contributed by atoms with Gasteiger partial charge in [0.2, 0.25) is 5.91 Å². The minimum Gasteiger partial charge on any atom is -0.374 e. The van der Waals surface area contributed by atoms with E-state index < -0.39 is 53.4 Å². The fourth-order valence-electron chi connectivity index (χ4n) is 3.16. The number of hydrogen-bond acceptors (Lipinski definition) is 4. The van der Waals surface area contributed by atoms with E-state index in [4.69, 9.17) is 28.0 Å². The number of nitrogens with one attached hydrogen (secondary N) is 1. The van der Waals surface area contributed by atoms with E-state index in [1.54, 1.807) is 5.32 Å². The van der Waals surface area contributed by atoms with Gasteiger partial charge in [0.15, 0.2) is 0 Å². The summed E-state index contributed by atoms with van der Waals surface area (Å²) in [6.07, 6.45) is -10.2. The average Bonchev–Trinajstić information content (AvgIpc) is 3.18. The predicted molar refractivity (Wildman–Crippen MR) is 121 cm³/mol. The van der Waals surface area contributed by atoms with Crippen LogP contribution >= 0.6 is 39.1 Å². The van der Waals surface area contributed by atoms with Crippen molar-refractivity contribution in [2.24, 2.45) is 5.16 Å². The molecule has 0 spiro atoms. The molecule has 0 saturated carbocycles. The SMILES string of the molecule is O=C(CS(=O)c1ccc(C2=NOC(c3cc(Cl)cc(Cl)c3)(C(F)(F)F)C2)cc1Br)NCC(F)(F)F. The van der Waals surface area contributed by atoms with Crippen molar-refractivity contribution >= 4 is 61.6 Å². The van der Waals surface area contributed by atoms with Crippen LogP contribution in [0, 0.1) is 0 Å². The van der Waals surface area contributed by atoms with E-state index in [1.165, 1.54) is 24.3 Å². The fraction of sp³-hybridized carbons (Fsp3) is 0.300. The molecular formula is C20H13BrCl2F6N2O3S. The molecule has 0 aromatic heterocycles. The summed E-state index contributed by atoms with van der Waals surface area (Å²) in [7, 11) is -2.03. The van der Waals surface area contributed by atoms with Crippen LogP contribution in [0.2, 0.25) is 10.0 Å². The number of rotatable bonds is 6. The van der Waals surface area contributed by atoms with Crippen LogP contribution in [-0.4, -0.2) is 40.5 Å². The van der Waals surface area contributed by atoms with Gasteiger partial charge >= 0.3 is 12.4 Å². The van der Waals surface area contributed by atoms with Gasteiger partial charge in [-0.05, 0) is 46.3 Å². The Hall–Kier alpha value is -1.83. The highest BCUT2D eigenvalue weighted by Gasteiger charge is 2.62. The Morgan fingerprint density at radius 1 is 1.11 bits per heavy atom. The second-order valence-corrected chi connectivity index (χ2v) is 10.5. The van der Waals surface area contributed by atoms with E-state index >= 15 is 0 Å². The number of oxime groups is 1. The average molecular weight is 626 g/mol. The van der Waals surface area contributed by atoms with Gasteiger partial charge in [-0.25, -0.2) is 0 Å². The monoisotopic (exact) mass is 624 g/mol. The van der Waals surface area contributed by atoms with Gasteiger partial charge in [-0.2, -0.15) is 26.3 Å². The van der Waals surface area contributed by atoms with Crippen molar-refractivity contribution in [2.75, 3.05) is 12.3 Å². The maximum atomic E-state index is 14.1. The maximum absolute atomic E-state index is 14.1. The van der Waals surface area contributed by atoms with Crippen LogP contribution in [0.15, 0.2) is 50.9 Å². The highest BCUT2D eigenvalue weighted by atomic mass is 79.9. The zero-order valence-corrected chi connectivity index (χ0v) is 21.0. The maximum Gasteiger partial charge on any atom is 0.435 e. The summed E-state index contributed by atoms with van der Waals surface area (Å²) in [5, 5.41) is 5.18. The molecule has 1 aliphatic rings. The standard InChI is InChI=1S/C20H13BrCl2F6N2O3S/c21-14-3-10(1-2-16(14)35(33)8-17(32)30-9-19(24,25)26)15-7-18(34-31-15,20(27,28)29)11-4-12(22)6-13(23)5-11/h1-6H,7-9H2,(H,30,32). The third-order valence-corrected chi connectivity index (χ3v) is 7.50. The van der Waals surface area contributed by atoms with Crippen molar-refractivity contribution in [3.63, 3.8) is 0 Å². The molecule has 2 aromatic rings.